The van der Waals surface area contributed by atoms with Gasteiger partial charge in [0.2, 0.25) is 0 Å². The average Bonchev–Trinajstić information content (AvgIpc) is 2.07. The summed E-state index contributed by atoms with van der Waals surface area (Å²) in [4.78, 5) is 14.0. The van der Waals surface area contributed by atoms with Crippen molar-refractivity contribution in [1.29, 1.82) is 0 Å². The number of halogens is 3. The lowest BCUT2D eigenvalue weighted by Crippen LogP contribution is -2.05. The first kappa shape index (κ1) is 11.3. The molecular formula is C8H6F2INO2. The van der Waals surface area contributed by atoms with E-state index in [9.17, 15) is 13.6 Å². The summed E-state index contributed by atoms with van der Waals surface area (Å²) >= 11 is 1.71. The highest BCUT2D eigenvalue weighted by molar-refractivity contribution is 14.1. The fourth-order valence-corrected chi connectivity index (χ4v) is 1.65. The third kappa shape index (κ3) is 2.60. The summed E-state index contributed by atoms with van der Waals surface area (Å²) in [6, 6.07) is 0. The summed E-state index contributed by atoms with van der Waals surface area (Å²) < 4.78 is 25.0. The molecule has 1 aromatic heterocycles. The van der Waals surface area contributed by atoms with Gasteiger partial charge in [0.05, 0.1) is 6.42 Å². The van der Waals surface area contributed by atoms with E-state index in [1.54, 1.807) is 22.6 Å². The minimum absolute atomic E-state index is 0.218. The van der Waals surface area contributed by atoms with Crippen LogP contribution in [0.15, 0.2) is 12.4 Å². The number of aromatic nitrogens is 1. The van der Waals surface area contributed by atoms with Crippen molar-refractivity contribution in [1.82, 2.24) is 4.98 Å². The summed E-state index contributed by atoms with van der Waals surface area (Å²) in [7, 11) is 0. The Labute approximate surface area is 92.3 Å². The first-order chi connectivity index (χ1) is 6.52. The topological polar surface area (TPSA) is 50.2 Å². The predicted molar refractivity (Wildman–Crippen MR) is 53.3 cm³/mol. The lowest BCUT2D eigenvalue weighted by atomic mass is 10.1. The summed E-state index contributed by atoms with van der Waals surface area (Å²) in [6.45, 7) is 0. The number of hydrogen-bond acceptors (Lipinski definition) is 2. The maximum atomic E-state index is 12.4. The molecule has 1 rings (SSSR count). The van der Waals surface area contributed by atoms with Crippen molar-refractivity contribution in [3.63, 3.8) is 0 Å². The number of rotatable bonds is 3. The maximum absolute atomic E-state index is 12.4. The normalized spacial score (nSPS) is 10.6. The zero-order valence-electron chi connectivity index (χ0n) is 6.88. The fourth-order valence-electron chi connectivity index (χ4n) is 0.945. The van der Waals surface area contributed by atoms with Crippen molar-refractivity contribution in [3.05, 3.63) is 27.1 Å². The SMILES string of the molecule is O=C(O)Cc1cncc(C(F)F)c1I. The maximum Gasteiger partial charge on any atom is 0.307 e. The van der Waals surface area contributed by atoms with E-state index < -0.39 is 12.4 Å². The third-order valence-corrected chi connectivity index (χ3v) is 2.87. The van der Waals surface area contributed by atoms with Crippen molar-refractivity contribution >= 4 is 28.6 Å². The molecular weight excluding hydrogens is 307 g/mol. The first-order valence-electron chi connectivity index (χ1n) is 3.64. The molecule has 1 aromatic rings. The number of carboxylic acids is 1. The molecule has 14 heavy (non-hydrogen) atoms. The Bertz CT molecular complexity index is 357. The number of carboxylic acid groups (broad SMARTS) is 1. The molecule has 76 valence electrons. The standard InChI is InChI=1S/C8H6F2INO2/c9-8(10)5-3-12-2-4(7(5)11)1-6(13)14/h2-3,8H,1H2,(H,13,14). The van der Waals surface area contributed by atoms with Gasteiger partial charge in [-0.3, -0.25) is 9.78 Å². The van der Waals surface area contributed by atoms with Crippen molar-refractivity contribution in [2.45, 2.75) is 12.8 Å². The van der Waals surface area contributed by atoms with Crippen molar-refractivity contribution in [3.8, 4) is 0 Å². The van der Waals surface area contributed by atoms with E-state index in [1.807, 2.05) is 0 Å². The van der Waals surface area contributed by atoms with Gasteiger partial charge in [-0.25, -0.2) is 8.78 Å². The van der Waals surface area contributed by atoms with Crippen LogP contribution in [0.1, 0.15) is 17.6 Å². The molecule has 0 spiro atoms. The first-order valence-corrected chi connectivity index (χ1v) is 4.72. The lowest BCUT2D eigenvalue weighted by molar-refractivity contribution is -0.136. The second-order valence-electron chi connectivity index (χ2n) is 2.57. The van der Waals surface area contributed by atoms with Crippen molar-refractivity contribution in [2.24, 2.45) is 0 Å². The largest absolute Gasteiger partial charge is 0.481 e. The zero-order valence-corrected chi connectivity index (χ0v) is 9.03. The number of pyridine rings is 1. The van der Waals surface area contributed by atoms with E-state index in [1.165, 1.54) is 6.20 Å². The van der Waals surface area contributed by atoms with Gasteiger partial charge in [0.15, 0.2) is 0 Å². The summed E-state index contributed by atoms with van der Waals surface area (Å²) in [6.07, 6.45) is -0.561. The molecule has 0 aromatic carbocycles. The average molecular weight is 313 g/mol. The Hall–Kier alpha value is -0.790. The minimum Gasteiger partial charge on any atom is -0.481 e. The van der Waals surface area contributed by atoms with Gasteiger partial charge in [-0.15, -0.1) is 0 Å². The van der Waals surface area contributed by atoms with E-state index in [4.69, 9.17) is 5.11 Å². The number of carbonyl (C=O) groups is 1. The smallest absolute Gasteiger partial charge is 0.307 e. The Morgan fingerprint density at radius 1 is 1.57 bits per heavy atom. The quantitative estimate of drug-likeness (QED) is 0.871. The molecule has 1 N–H and O–H groups in total. The highest BCUT2D eigenvalue weighted by Crippen LogP contribution is 2.25. The Kier molecular flexibility index (Phi) is 3.73. The molecule has 0 radical (unpaired) electrons. The highest BCUT2D eigenvalue weighted by Gasteiger charge is 2.15. The van der Waals surface area contributed by atoms with Crippen LogP contribution in [0.4, 0.5) is 8.78 Å². The molecule has 0 saturated carbocycles. The number of hydrogen-bond donors (Lipinski definition) is 1. The van der Waals surface area contributed by atoms with Crippen LogP contribution in [-0.2, 0) is 11.2 Å². The zero-order chi connectivity index (χ0) is 10.7. The van der Waals surface area contributed by atoms with Crippen LogP contribution in [0.5, 0.6) is 0 Å². The van der Waals surface area contributed by atoms with E-state index in [-0.39, 0.29) is 15.6 Å². The number of aliphatic carboxylic acids is 1. The Morgan fingerprint density at radius 3 is 2.71 bits per heavy atom. The molecule has 0 fully saturated rings. The van der Waals surface area contributed by atoms with E-state index in [0.29, 0.717) is 5.56 Å². The van der Waals surface area contributed by atoms with Gasteiger partial charge < -0.3 is 5.11 Å². The van der Waals surface area contributed by atoms with Gasteiger partial charge in [0, 0.05) is 21.5 Å². The van der Waals surface area contributed by atoms with Gasteiger partial charge in [-0.1, -0.05) is 0 Å². The third-order valence-electron chi connectivity index (χ3n) is 1.56. The van der Waals surface area contributed by atoms with Gasteiger partial charge in [0.25, 0.3) is 6.43 Å². The highest BCUT2D eigenvalue weighted by atomic mass is 127. The molecule has 0 atom stereocenters. The molecule has 0 aliphatic carbocycles. The van der Waals surface area contributed by atoms with Crippen LogP contribution in [0, 0.1) is 3.57 Å². The number of alkyl halides is 2. The van der Waals surface area contributed by atoms with Crippen LogP contribution < -0.4 is 0 Å². The monoisotopic (exact) mass is 313 g/mol. The molecule has 0 aliphatic rings. The summed E-state index contributed by atoms with van der Waals surface area (Å²) in [5.41, 5.74) is 0.0975. The molecule has 0 saturated heterocycles. The van der Waals surface area contributed by atoms with Crippen LogP contribution >= 0.6 is 22.6 Å². The van der Waals surface area contributed by atoms with Gasteiger partial charge in [0.1, 0.15) is 0 Å². The van der Waals surface area contributed by atoms with Gasteiger partial charge >= 0.3 is 5.97 Å². The fraction of sp³-hybridized carbons (Fsp3) is 0.250. The molecule has 1 heterocycles. The van der Waals surface area contributed by atoms with E-state index >= 15 is 0 Å². The second kappa shape index (κ2) is 4.63. The van der Waals surface area contributed by atoms with E-state index in [0.717, 1.165) is 6.20 Å². The lowest BCUT2D eigenvalue weighted by Gasteiger charge is -2.06. The van der Waals surface area contributed by atoms with E-state index in [2.05, 4.69) is 4.98 Å². The van der Waals surface area contributed by atoms with Crippen molar-refractivity contribution in [2.75, 3.05) is 0 Å². The molecule has 6 heteroatoms. The van der Waals surface area contributed by atoms with Crippen LogP contribution in [0.3, 0.4) is 0 Å². The molecule has 0 amide bonds. The Balaban J connectivity index is 3.07. The van der Waals surface area contributed by atoms with Gasteiger partial charge in [-0.2, -0.15) is 0 Å². The summed E-state index contributed by atoms with van der Waals surface area (Å²) in [5, 5.41) is 8.50. The summed E-state index contributed by atoms with van der Waals surface area (Å²) in [5.74, 6) is -1.06. The van der Waals surface area contributed by atoms with Gasteiger partial charge in [-0.05, 0) is 28.2 Å². The molecule has 3 nitrogen and oxygen atoms in total. The number of nitrogens with zero attached hydrogens (tertiary/aromatic N) is 1. The second-order valence-corrected chi connectivity index (χ2v) is 3.65. The molecule has 0 aliphatic heterocycles. The van der Waals surface area contributed by atoms with Crippen LogP contribution in [0.25, 0.3) is 0 Å². The van der Waals surface area contributed by atoms with Crippen LogP contribution in [-0.4, -0.2) is 16.1 Å². The van der Waals surface area contributed by atoms with Crippen LogP contribution in [0.2, 0.25) is 0 Å². The Morgan fingerprint density at radius 2 is 2.21 bits per heavy atom. The predicted octanol–water partition coefficient (Wildman–Crippen LogP) is 2.25. The molecule has 0 bridgehead atoms. The van der Waals surface area contributed by atoms with Crippen molar-refractivity contribution < 1.29 is 18.7 Å². The minimum atomic E-state index is -2.62. The molecule has 0 unspecified atom stereocenters.